The lowest BCUT2D eigenvalue weighted by atomic mass is 10.0. The van der Waals surface area contributed by atoms with E-state index in [1.54, 1.807) is 0 Å². The quantitative estimate of drug-likeness (QED) is 0.842. The first-order chi connectivity index (χ1) is 8.83. The van der Waals surface area contributed by atoms with Gasteiger partial charge in [0.1, 0.15) is 5.75 Å². The Bertz CT molecular complexity index is 521. The average molecular weight is 255 g/mol. The van der Waals surface area contributed by atoms with Gasteiger partial charge in [0.05, 0.1) is 11.3 Å². The molecule has 0 aliphatic rings. The number of benzene rings is 2. The lowest BCUT2D eigenvalue weighted by Crippen LogP contribution is -2.10. The van der Waals surface area contributed by atoms with Crippen molar-refractivity contribution in [1.29, 1.82) is 5.26 Å². The molecule has 0 saturated carbocycles. The van der Waals surface area contributed by atoms with E-state index in [9.17, 15) is 4.21 Å². The second-order valence-electron chi connectivity index (χ2n) is 3.88. The Kier molecular flexibility index (Phi) is 4.27. The van der Waals surface area contributed by atoms with Crippen LogP contribution in [0.25, 0.3) is 0 Å². The Morgan fingerprint density at radius 3 is 1.78 bits per heavy atom. The number of hydrogen-bond donors (Lipinski definition) is 0. The molecule has 18 heavy (non-hydrogen) atoms. The summed E-state index contributed by atoms with van der Waals surface area (Å²) in [6.45, 7) is 0. The van der Waals surface area contributed by atoms with Crippen molar-refractivity contribution in [2.45, 2.75) is 5.25 Å². The molecule has 2 rings (SSSR count). The zero-order valence-corrected chi connectivity index (χ0v) is 10.6. The third kappa shape index (κ3) is 2.85. The summed E-state index contributed by atoms with van der Waals surface area (Å²) in [6, 6.07) is 21.4. The van der Waals surface area contributed by atoms with Gasteiger partial charge in [-0.3, -0.25) is 4.21 Å². The van der Waals surface area contributed by atoms with E-state index < -0.39 is 10.8 Å². The van der Waals surface area contributed by atoms with E-state index in [-0.39, 0.29) is 11.0 Å². The van der Waals surface area contributed by atoms with Gasteiger partial charge in [-0.15, -0.1) is 0 Å². The van der Waals surface area contributed by atoms with Crippen molar-refractivity contribution in [2.24, 2.45) is 0 Å². The first-order valence-corrected chi connectivity index (χ1v) is 7.05. The van der Waals surface area contributed by atoms with Crippen LogP contribution >= 0.6 is 0 Å². The molecule has 0 amide bonds. The molecular formula is C15H13NOS. The normalized spacial score (nSPS) is 12.0. The van der Waals surface area contributed by atoms with Crippen molar-refractivity contribution in [3.05, 3.63) is 71.8 Å². The van der Waals surface area contributed by atoms with Crippen LogP contribution in [0.1, 0.15) is 16.4 Å². The predicted octanol–water partition coefficient (Wildman–Crippen LogP) is 3.05. The topological polar surface area (TPSA) is 40.9 Å². The maximum atomic E-state index is 12.2. The summed E-state index contributed by atoms with van der Waals surface area (Å²) in [5, 5.41) is 8.51. The molecule has 2 aromatic carbocycles. The fraction of sp³-hybridized carbons (Fsp3) is 0.133. The van der Waals surface area contributed by atoms with Crippen LogP contribution in [0, 0.1) is 11.3 Å². The molecule has 0 bridgehead atoms. The molecule has 0 fully saturated rings. The van der Waals surface area contributed by atoms with Crippen molar-refractivity contribution in [3.8, 4) is 6.07 Å². The van der Waals surface area contributed by atoms with Crippen LogP contribution in [-0.4, -0.2) is 9.96 Å². The number of nitriles is 1. The molecule has 0 radical (unpaired) electrons. The van der Waals surface area contributed by atoms with Crippen molar-refractivity contribution in [2.75, 3.05) is 5.75 Å². The van der Waals surface area contributed by atoms with Crippen molar-refractivity contribution < 1.29 is 4.21 Å². The first kappa shape index (κ1) is 12.5. The second-order valence-corrected chi connectivity index (χ2v) is 5.41. The van der Waals surface area contributed by atoms with Gasteiger partial charge in [-0.05, 0) is 11.1 Å². The van der Waals surface area contributed by atoms with Crippen LogP contribution in [0.3, 0.4) is 0 Å². The number of nitrogens with zero attached hydrogens (tertiary/aromatic N) is 1. The fourth-order valence-electron chi connectivity index (χ4n) is 1.90. The van der Waals surface area contributed by atoms with Crippen LogP contribution in [-0.2, 0) is 10.8 Å². The highest BCUT2D eigenvalue weighted by Crippen LogP contribution is 2.27. The minimum absolute atomic E-state index is 0.0501. The van der Waals surface area contributed by atoms with E-state index in [4.69, 9.17) is 5.26 Å². The third-order valence-corrected chi connectivity index (χ3v) is 4.16. The van der Waals surface area contributed by atoms with Gasteiger partial charge in [0.25, 0.3) is 0 Å². The SMILES string of the molecule is N#CCS(=O)C(c1ccccc1)c1ccccc1. The van der Waals surface area contributed by atoms with Gasteiger partial charge in [-0.25, -0.2) is 0 Å². The molecule has 2 aromatic rings. The van der Waals surface area contributed by atoms with E-state index >= 15 is 0 Å². The van der Waals surface area contributed by atoms with Crippen LogP contribution in [0.15, 0.2) is 60.7 Å². The molecule has 0 saturated heterocycles. The molecule has 0 N–H and O–H groups in total. The van der Waals surface area contributed by atoms with Crippen LogP contribution in [0.5, 0.6) is 0 Å². The summed E-state index contributed by atoms with van der Waals surface area (Å²) in [6.07, 6.45) is 0. The molecule has 0 aliphatic carbocycles. The Balaban J connectivity index is 2.42. The summed E-state index contributed by atoms with van der Waals surface area (Å²) in [5.74, 6) is 0.0501. The standard InChI is InChI=1S/C15H13NOS/c16-11-12-18(17)15(13-7-3-1-4-8-13)14-9-5-2-6-10-14/h1-10,15H,12H2. The highest BCUT2D eigenvalue weighted by atomic mass is 32.2. The van der Waals surface area contributed by atoms with Crippen molar-refractivity contribution in [1.82, 2.24) is 0 Å². The molecule has 0 aliphatic heterocycles. The zero-order valence-electron chi connectivity index (χ0n) is 9.82. The number of hydrogen-bond acceptors (Lipinski definition) is 2. The highest BCUT2D eigenvalue weighted by molar-refractivity contribution is 7.85. The van der Waals surface area contributed by atoms with Gasteiger partial charge >= 0.3 is 0 Å². The van der Waals surface area contributed by atoms with E-state index in [2.05, 4.69) is 0 Å². The molecule has 0 aromatic heterocycles. The van der Waals surface area contributed by atoms with E-state index in [0.29, 0.717) is 0 Å². The van der Waals surface area contributed by atoms with Crippen LogP contribution in [0.4, 0.5) is 0 Å². The molecule has 90 valence electrons. The summed E-state index contributed by atoms with van der Waals surface area (Å²) in [4.78, 5) is 0. The average Bonchev–Trinajstić information content (AvgIpc) is 2.42. The molecule has 2 nitrogen and oxygen atoms in total. The maximum Gasteiger partial charge on any atom is 0.112 e. The lowest BCUT2D eigenvalue weighted by molar-refractivity contribution is 0.680. The molecule has 0 spiro atoms. The maximum absolute atomic E-state index is 12.2. The van der Waals surface area contributed by atoms with Gasteiger partial charge in [-0.2, -0.15) is 5.26 Å². The third-order valence-electron chi connectivity index (χ3n) is 2.67. The van der Waals surface area contributed by atoms with E-state index in [1.165, 1.54) is 0 Å². The lowest BCUT2D eigenvalue weighted by Gasteiger charge is -2.16. The smallest absolute Gasteiger partial charge is 0.112 e. The van der Waals surface area contributed by atoms with Gasteiger partial charge in [0, 0.05) is 10.8 Å². The van der Waals surface area contributed by atoms with Gasteiger partial charge in [0.15, 0.2) is 0 Å². The molecule has 1 atom stereocenters. The van der Waals surface area contributed by atoms with Gasteiger partial charge < -0.3 is 0 Å². The Labute approximate surface area is 109 Å². The van der Waals surface area contributed by atoms with E-state index in [0.717, 1.165) is 11.1 Å². The van der Waals surface area contributed by atoms with Crippen LogP contribution < -0.4 is 0 Å². The van der Waals surface area contributed by atoms with Gasteiger partial charge in [-0.1, -0.05) is 60.7 Å². The number of rotatable bonds is 4. The fourth-order valence-corrected chi connectivity index (χ4v) is 3.11. The summed E-state index contributed by atoms with van der Waals surface area (Å²) in [5.41, 5.74) is 1.97. The molecular weight excluding hydrogens is 242 g/mol. The van der Waals surface area contributed by atoms with Gasteiger partial charge in [0.2, 0.25) is 0 Å². The van der Waals surface area contributed by atoms with Crippen molar-refractivity contribution in [3.63, 3.8) is 0 Å². The second kappa shape index (κ2) is 6.13. The highest BCUT2D eigenvalue weighted by Gasteiger charge is 2.20. The monoisotopic (exact) mass is 255 g/mol. The minimum atomic E-state index is -1.22. The predicted molar refractivity (Wildman–Crippen MR) is 73.3 cm³/mol. The van der Waals surface area contributed by atoms with E-state index in [1.807, 2.05) is 66.7 Å². The zero-order chi connectivity index (χ0) is 12.8. The molecule has 0 heterocycles. The van der Waals surface area contributed by atoms with Crippen molar-refractivity contribution >= 4 is 10.8 Å². The summed E-state index contributed by atoms with van der Waals surface area (Å²) < 4.78 is 12.2. The molecule has 1 unspecified atom stereocenters. The minimum Gasteiger partial charge on any atom is -0.258 e. The summed E-state index contributed by atoms with van der Waals surface area (Å²) >= 11 is 0. The Morgan fingerprint density at radius 1 is 0.944 bits per heavy atom. The molecule has 3 heteroatoms. The van der Waals surface area contributed by atoms with Crippen LogP contribution in [0.2, 0.25) is 0 Å². The Hall–Kier alpha value is -1.92. The first-order valence-electron chi connectivity index (χ1n) is 5.67. The Morgan fingerprint density at radius 2 is 1.39 bits per heavy atom. The summed E-state index contributed by atoms with van der Waals surface area (Å²) in [7, 11) is -1.22. The largest absolute Gasteiger partial charge is 0.258 e.